The van der Waals surface area contributed by atoms with Gasteiger partial charge in [-0.05, 0) is 0 Å². The van der Waals surface area contributed by atoms with Crippen LogP contribution >= 0.6 is 0 Å². The molecule has 3 nitrogen and oxygen atoms in total. The van der Waals surface area contributed by atoms with Crippen molar-refractivity contribution in [2.45, 2.75) is 24.4 Å². The van der Waals surface area contributed by atoms with E-state index in [-0.39, 0.29) is 17.1 Å². The van der Waals surface area contributed by atoms with Gasteiger partial charge in [-0.2, -0.15) is 44.5 Å². The van der Waals surface area contributed by atoms with Gasteiger partial charge in [-0.3, -0.25) is 6.42 Å². The zero-order valence-electron chi connectivity index (χ0n) is 11.2. The van der Waals surface area contributed by atoms with Gasteiger partial charge in [0.2, 0.25) is 5.60 Å². The minimum absolute atomic E-state index is 0. The fourth-order valence-electron chi connectivity index (χ4n) is 1.40. The molecular weight excluding hydrogens is 374 g/mol. The van der Waals surface area contributed by atoms with Gasteiger partial charge < -0.3 is 4.74 Å². The molecule has 23 heavy (non-hydrogen) atoms. The normalized spacial score (nSPS) is 15.2. The van der Waals surface area contributed by atoms with Crippen LogP contribution in [-0.2, 0) is 31.1 Å². The Morgan fingerprint density at radius 2 is 1.30 bits per heavy atom. The third-order valence-corrected chi connectivity index (χ3v) is 2.35. The minimum atomic E-state index is -5.42. The van der Waals surface area contributed by atoms with Crippen molar-refractivity contribution in [2.75, 3.05) is 6.61 Å². The summed E-state index contributed by atoms with van der Waals surface area (Å²) in [6.07, 6.45) is -11.2. The number of alkyl halides is 6. The molecule has 126 valence electrons. The zero-order valence-corrected chi connectivity index (χ0v) is 12.3. The summed E-state index contributed by atoms with van der Waals surface area (Å²) < 4.78 is 91.0. The summed E-state index contributed by atoms with van der Waals surface area (Å²) in [6.45, 7) is 8.37. The van der Waals surface area contributed by atoms with Crippen molar-refractivity contribution < 1.29 is 57.5 Å². The summed E-state index contributed by atoms with van der Waals surface area (Å²) in [4.78, 5) is 0. The first-order chi connectivity index (χ1) is 10.2. The molecule has 0 aromatic heterocycles. The average molecular weight is 384 g/mol. The molecule has 0 spiro atoms. The SMILES string of the molecule is FC(F)(F)C1(C(F)(F)F)C[CH-]CO1.[C-]#[O+].[C-]#[O+].[Fe+6].c1cc[cH-]c1. The number of hydrogen-bond donors (Lipinski definition) is 0. The average Bonchev–Trinajstić information content (AvgIpc) is 3.16. The molecule has 10 heteroatoms. The second kappa shape index (κ2) is 12.3. The van der Waals surface area contributed by atoms with Gasteiger partial charge in [0.1, 0.15) is 0 Å². The third-order valence-electron chi connectivity index (χ3n) is 2.35. The number of ether oxygens (including phenoxy) is 1. The van der Waals surface area contributed by atoms with Crippen molar-refractivity contribution in [1.82, 2.24) is 0 Å². The van der Waals surface area contributed by atoms with E-state index in [4.69, 9.17) is 9.30 Å². The molecule has 0 N–H and O–H groups in total. The van der Waals surface area contributed by atoms with Crippen molar-refractivity contribution in [1.29, 1.82) is 0 Å². The zero-order chi connectivity index (χ0) is 17.9. The Hall–Kier alpha value is -1.11. The predicted molar refractivity (Wildman–Crippen MR) is 59.6 cm³/mol. The summed E-state index contributed by atoms with van der Waals surface area (Å²) in [6, 6.07) is 10.0. The van der Waals surface area contributed by atoms with Crippen LogP contribution in [0.4, 0.5) is 26.3 Å². The van der Waals surface area contributed by atoms with Gasteiger partial charge in [0.05, 0.1) is 0 Å². The molecule has 1 aliphatic rings. The van der Waals surface area contributed by atoms with Crippen molar-refractivity contribution in [2.24, 2.45) is 0 Å². The fraction of sp³-hybridized carbons (Fsp3) is 0.385. The maximum Gasteiger partial charge on any atom is 6.00 e. The smallest absolute Gasteiger partial charge is 0.214 e. The van der Waals surface area contributed by atoms with Crippen LogP contribution in [0.5, 0.6) is 0 Å². The topological polar surface area (TPSA) is 49.0 Å². The maximum atomic E-state index is 12.0. The van der Waals surface area contributed by atoms with Crippen LogP contribution < -0.4 is 0 Å². The Labute approximate surface area is 139 Å². The quantitative estimate of drug-likeness (QED) is 0.291. The molecule has 1 fully saturated rings. The first kappa shape index (κ1) is 26.8. The van der Waals surface area contributed by atoms with Gasteiger partial charge in [-0.25, -0.2) is 12.1 Å². The van der Waals surface area contributed by atoms with Gasteiger partial charge in [0.15, 0.2) is 0 Å². The predicted octanol–water partition coefficient (Wildman–Crippen LogP) is 3.80. The second-order valence-corrected chi connectivity index (χ2v) is 3.59. The van der Waals surface area contributed by atoms with Crippen molar-refractivity contribution >= 4 is 0 Å². The van der Waals surface area contributed by atoms with E-state index in [2.05, 4.69) is 18.0 Å². The van der Waals surface area contributed by atoms with E-state index in [0.29, 0.717) is 0 Å². The van der Waals surface area contributed by atoms with E-state index in [9.17, 15) is 26.3 Å². The van der Waals surface area contributed by atoms with Crippen LogP contribution in [0.3, 0.4) is 0 Å². The molecule has 0 bridgehead atoms. The molecule has 1 aliphatic heterocycles. The summed E-state index contributed by atoms with van der Waals surface area (Å²) in [7, 11) is 0. The molecule has 0 amide bonds. The van der Waals surface area contributed by atoms with Crippen molar-refractivity contribution in [3.63, 3.8) is 0 Å². The Morgan fingerprint density at radius 1 is 0.913 bits per heavy atom. The molecule has 0 radical (unpaired) electrons. The van der Waals surface area contributed by atoms with Crippen LogP contribution in [0, 0.1) is 19.7 Å². The van der Waals surface area contributed by atoms with Gasteiger partial charge in [-0.15, -0.1) is 6.42 Å². The number of halogens is 6. The van der Waals surface area contributed by atoms with E-state index in [1.165, 1.54) is 0 Å². The molecule has 1 saturated heterocycles. The summed E-state index contributed by atoms with van der Waals surface area (Å²) in [5.41, 5.74) is -3.99. The van der Waals surface area contributed by atoms with E-state index in [1.54, 1.807) is 0 Å². The Balaban J connectivity index is -0.000000335. The summed E-state index contributed by atoms with van der Waals surface area (Å²) in [5.74, 6) is 0. The third kappa shape index (κ3) is 7.81. The van der Waals surface area contributed by atoms with E-state index in [0.717, 1.165) is 6.42 Å². The van der Waals surface area contributed by atoms with Crippen LogP contribution in [-0.4, -0.2) is 24.6 Å². The van der Waals surface area contributed by atoms with Crippen LogP contribution in [0.1, 0.15) is 6.42 Å². The van der Waals surface area contributed by atoms with Gasteiger partial charge in [0.25, 0.3) is 0 Å². The van der Waals surface area contributed by atoms with Gasteiger partial charge in [0, 0.05) is 0 Å². The van der Waals surface area contributed by atoms with Gasteiger partial charge >= 0.3 is 52.0 Å². The van der Waals surface area contributed by atoms with E-state index in [1.807, 2.05) is 30.3 Å². The summed E-state index contributed by atoms with van der Waals surface area (Å²) >= 11 is 0. The molecule has 0 atom stereocenters. The molecule has 0 unspecified atom stereocenters. The Kier molecular flexibility index (Phi) is 14.3. The fourth-order valence-corrected chi connectivity index (χ4v) is 1.40. The molecule has 1 aromatic carbocycles. The first-order valence-corrected chi connectivity index (χ1v) is 5.37. The summed E-state index contributed by atoms with van der Waals surface area (Å²) in [5, 5.41) is 0. The first-order valence-electron chi connectivity index (χ1n) is 5.37. The number of rotatable bonds is 0. The van der Waals surface area contributed by atoms with E-state index < -0.39 is 31.0 Å². The molecule has 1 heterocycles. The van der Waals surface area contributed by atoms with Crippen molar-refractivity contribution in [3.8, 4) is 0 Å². The van der Waals surface area contributed by atoms with E-state index >= 15 is 0 Å². The minimum Gasteiger partial charge on any atom is -0.214 e. The maximum absolute atomic E-state index is 12.0. The molecular formula is C13H10F6FeO3+4. The molecule has 2 rings (SSSR count). The molecule has 1 aromatic rings. The van der Waals surface area contributed by atoms with Gasteiger partial charge in [-0.1, -0.05) is 6.61 Å². The Bertz CT molecular complexity index is 377. The van der Waals surface area contributed by atoms with Crippen LogP contribution in [0.15, 0.2) is 30.3 Å². The standard InChI is InChI=1S/C6H5F6O.C5H5.2CO.Fe/c7-5(8,9)4(6(10,11)12)2-1-3-13-4;1-2-4-5-3-1;2*1-2;/h1H,2-3H2;1-5H;;;/q2*-1;;;+6. The Morgan fingerprint density at radius 3 is 1.43 bits per heavy atom. The second-order valence-electron chi connectivity index (χ2n) is 3.59. The molecule has 0 saturated carbocycles. The number of hydrogen-bond acceptors (Lipinski definition) is 1. The van der Waals surface area contributed by atoms with Crippen molar-refractivity contribution in [3.05, 3.63) is 50.1 Å². The molecule has 0 aliphatic carbocycles. The van der Waals surface area contributed by atoms with Crippen LogP contribution in [0.2, 0.25) is 0 Å². The largest absolute Gasteiger partial charge is 6.00 e. The monoisotopic (exact) mass is 384 g/mol. The van der Waals surface area contributed by atoms with Crippen LogP contribution in [0.25, 0.3) is 0 Å².